The van der Waals surface area contributed by atoms with Crippen LogP contribution in [0.25, 0.3) is 0 Å². The summed E-state index contributed by atoms with van der Waals surface area (Å²) in [5, 5.41) is 4.12. The highest BCUT2D eigenvalue weighted by Crippen LogP contribution is 2.36. The van der Waals surface area contributed by atoms with E-state index < -0.39 is 10.0 Å². The number of nitrogens with zero attached hydrogens (tertiary/aromatic N) is 1. The van der Waals surface area contributed by atoms with Gasteiger partial charge in [0.2, 0.25) is 10.0 Å². The second-order valence-electron chi connectivity index (χ2n) is 5.10. The lowest BCUT2D eigenvalue weighted by atomic mass is 10.3. The molecule has 0 spiro atoms. The van der Waals surface area contributed by atoms with Crippen LogP contribution >= 0.6 is 22.9 Å². The molecule has 0 radical (unpaired) electrons. The molecule has 112 valence electrons. The molecule has 0 bridgehead atoms. The lowest BCUT2D eigenvalue weighted by molar-refractivity contribution is 0.399. The van der Waals surface area contributed by atoms with E-state index in [1.54, 1.807) is 17.4 Å². The molecule has 1 saturated carbocycles. The maximum atomic E-state index is 12.9. The molecule has 4 nitrogen and oxygen atoms in total. The van der Waals surface area contributed by atoms with Crippen LogP contribution in [-0.4, -0.2) is 18.8 Å². The predicted molar refractivity (Wildman–Crippen MR) is 85.9 cm³/mol. The lowest BCUT2D eigenvalue weighted by Gasteiger charge is -2.22. The first-order chi connectivity index (χ1) is 9.98. The van der Waals surface area contributed by atoms with E-state index in [0.717, 1.165) is 18.4 Å². The van der Waals surface area contributed by atoms with Crippen LogP contribution in [0.1, 0.15) is 18.4 Å². The number of hydrogen-bond acceptors (Lipinski definition) is 4. The van der Waals surface area contributed by atoms with E-state index in [9.17, 15) is 8.42 Å². The number of hydrogen-bond donors (Lipinski definition) is 1. The molecular formula is C14H15ClN2O2S2. The zero-order chi connectivity index (χ0) is 15.0. The standard InChI is InChI=1S/C14H15ClN2O2S2/c15-13-4-1-11(16)7-14(13)21(18,19)17(12-2-3-12)8-10-5-6-20-9-10/h1,4-7,9,12H,2-3,8,16H2. The second-order valence-corrected chi connectivity index (χ2v) is 8.15. The molecule has 0 saturated heterocycles. The van der Waals surface area contributed by atoms with E-state index in [1.165, 1.54) is 16.4 Å². The molecule has 0 aliphatic heterocycles. The summed E-state index contributed by atoms with van der Waals surface area (Å²) >= 11 is 7.63. The Kier molecular flexibility index (Phi) is 3.96. The van der Waals surface area contributed by atoms with Crippen molar-refractivity contribution in [2.75, 3.05) is 5.73 Å². The molecule has 1 heterocycles. The summed E-state index contributed by atoms with van der Waals surface area (Å²) in [6.45, 7) is 0.377. The Labute approximate surface area is 133 Å². The van der Waals surface area contributed by atoms with Gasteiger partial charge in [0.05, 0.1) is 5.02 Å². The number of thiophene rings is 1. The molecule has 2 N–H and O–H groups in total. The first-order valence-corrected chi connectivity index (χ1v) is 9.32. The van der Waals surface area contributed by atoms with Crippen molar-refractivity contribution in [1.29, 1.82) is 0 Å². The van der Waals surface area contributed by atoms with E-state index in [0.29, 0.717) is 12.2 Å². The fourth-order valence-corrected chi connectivity index (χ4v) is 5.02. The van der Waals surface area contributed by atoms with E-state index in [1.807, 2.05) is 16.8 Å². The summed E-state index contributed by atoms with van der Waals surface area (Å²) in [6, 6.07) is 6.56. The highest BCUT2D eigenvalue weighted by Gasteiger charge is 2.39. The molecule has 0 atom stereocenters. The van der Waals surface area contributed by atoms with Crippen LogP contribution in [0.15, 0.2) is 39.9 Å². The Morgan fingerprint density at radius 1 is 1.33 bits per heavy atom. The van der Waals surface area contributed by atoms with Gasteiger partial charge >= 0.3 is 0 Å². The van der Waals surface area contributed by atoms with Gasteiger partial charge in [0, 0.05) is 18.3 Å². The summed E-state index contributed by atoms with van der Waals surface area (Å²) < 4.78 is 27.3. The smallest absolute Gasteiger partial charge is 0.245 e. The molecule has 1 aliphatic carbocycles. The number of rotatable bonds is 5. The molecule has 3 rings (SSSR count). The first kappa shape index (κ1) is 14.8. The van der Waals surface area contributed by atoms with Crippen molar-refractivity contribution in [3.63, 3.8) is 0 Å². The predicted octanol–water partition coefficient (Wildman–Crippen LogP) is 3.34. The van der Waals surface area contributed by atoms with Crippen molar-refractivity contribution in [3.05, 3.63) is 45.6 Å². The zero-order valence-corrected chi connectivity index (χ0v) is 13.6. The van der Waals surface area contributed by atoms with Gasteiger partial charge in [-0.15, -0.1) is 0 Å². The minimum absolute atomic E-state index is 0.0624. The Hall–Kier alpha value is -1.08. The topological polar surface area (TPSA) is 63.4 Å². The number of sulfonamides is 1. The van der Waals surface area contributed by atoms with Crippen molar-refractivity contribution < 1.29 is 8.42 Å². The normalized spacial score (nSPS) is 15.5. The van der Waals surface area contributed by atoms with Crippen LogP contribution in [0.5, 0.6) is 0 Å². The van der Waals surface area contributed by atoms with Gasteiger partial charge in [0.1, 0.15) is 4.90 Å². The van der Waals surface area contributed by atoms with Crippen molar-refractivity contribution >= 4 is 38.6 Å². The van der Waals surface area contributed by atoms with Gasteiger partial charge in [-0.2, -0.15) is 15.6 Å². The van der Waals surface area contributed by atoms with Crippen molar-refractivity contribution in [3.8, 4) is 0 Å². The highest BCUT2D eigenvalue weighted by molar-refractivity contribution is 7.89. The molecule has 2 aromatic rings. The van der Waals surface area contributed by atoms with Crippen LogP contribution < -0.4 is 5.73 Å². The molecule has 1 aromatic heterocycles. The van der Waals surface area contributed by atoms with Gasteiger partial charge in [-0.1, -0.05) is 11.6 Å². The van der Waals surface area contributed by atoms with Crippen LogP contribution in [0.4, 0.5) is 5.69 Å². The van der Waals surface area contributed by atoms with Crippen molar-refractivity contribution in [2.24, 2.45) is 0 Å². The van der Waals surface area contributed by atoms with E-state index in [4.69, 9.17) is 17.3 Å². The average Bonchev–Trinajstić information content (AvgIpc) is 3.14. The summed E-state index contributed by atoms with van der Waals surface area (Å²) in [5.74, 6) is 0. The number of halogens is 1. The summed E-state index contributed by atoms with van der Waals surface area (Å²) in [7, 11) is -3.64. The van der Waals surface area contributed by atoms with Gasteiger partial charge in [0.25, 0.3) is 0 Å². The van der Waals surface area contributed by atoms with E-state index in [-0.39, 0.29) is 16.0 Å². The second kappa shape index (κ2) is 5.61. The highest BCUT2D eigenvalue weighted by atomic mass is 35.5. The molecule has 1 fully saturated rings. The van der Waals surface area contributed by atoms with Gasteiger partial charge in [-0.25, -0.2) is 8.42 Å². The molecule has 21 heavy (non-hydrogen) atoms. The fourth-order valence-electron chi connectivity index (χ4n) is 2.18. The number of nitrogen functional groups attached to an aromatic ring is 1. The Morgan fingerprint density at radius 3 is 2.71 bits per heavy atom. The van der Waals surface area contributed by atoms with Crippen molar-refractivity contribution in [1.82, 2.24) is 4.31 Å². The van der Waals surface area contributed by atoms with E-state index in [2.05, 4.69) is 0 Å². The number of anilines is 1. The molecule has 1 aromatic carbocycles. The van der Waals surface area contributed by atoms with Crippen LogP contribution in [-0.2, 0) is 16.6 Å². The maximum Gasteiger partial charge on any atom is 0.245 e. The van der Waals surface area contributed by atoms with Crippen LogP contribution in [0.2, 0.25) is 5.02 Å². The molecular weight excluding hydrogens is 328 g/mol. The summed E-state index contributed by atoms with van der Waals surface area (Å²) in [5.41, 5.74) is 7.10. The maximum absolute atomic E-state index is 12.9. The minimum atomic E-state index is -3.64. The third-order valence-electron chi connectivity index (χ3n) is 3.41. The van der Waals surface area contributed by atoms with Gasteiger partial charge in [-0.05, 0) is 53.4 Å². The van der Waals surface area contributed by atoms with Gasteiger partial charge in [-0.3, -0.25) is 0 Å². The summed E-state index contributed by atoms with van der Waals surface area (Å²) in [6.07, 6.45) is 1.78. The quantitative estimate of drug-likeness (QED) is 0.847. The molecule has 0 amide bonds. The summed E-state index contributed by atoms with van der Waals surface area (Å²) in [4.78, 5) is 0.0892. The lowest BCUT2D eigenvalue weighted by Crippen LogP contribution is -2.32. The molecule has 7 heteroatoms. The van der Waals surface area contributed by atoms with E-state index >= 15 is 0 Å². The third kappa shape index (κ3) is 3.08. The fraction of sp³-hybridized carbons (Fsp3) is 0.286. The Balaban J connectivity index is 1.99. The molecule has 0 unspecified atom stereocenters. The van der Waals surface area contributed by atoms with Gasteiger partial charge < -0.3 is 5.73 Å². The van der Waals surface area contributed by atoms with Crippen LogP contribution in [0, 0.1) is 0 Å². The average molecular weight is 343 g/mol. The monoisotopic (exact) mass is 342 g/mol. The largest absolute Gasteiger partial charge is 0.399 e. The first-order valence-electron chi connectivity index (χ1n) is 6.56. The Morgan fingerprint density at radius 2 is 2.10 bits per heavy atom. The zero-order valence-electron chi connectivity index (χ0n) is 11.2. The minimum Gasteiger partial charge on any atom is -0.399 e. The van der Waals surface area contributed by atoms with Crippen molar-refractivity contribution in [2.45, 2.75) is 30.3 Å². The van der Waals surface area contributed by atoms with Crippen LogP contribution in [0.3, 0.4) is 0 Å². The number of nitrogens with two attached hydrogens (primary N) is 1. The third-order valence-corrected chi connectivity index (χ3v) is 6.53. The van der Waals surface area contributed by atoms with Gasteiger partial charge in [0.15, 0.2) is 0 Å². The Bertz CT molecular complexity index is 740. The SMILES string of the molecule is Nc1ccc(Cl)c(S(=O)(=O)N(Cc2ccsc2)C2CC2)c1. The molecule has 1 aliphatic rings. The number of benzene rings is 1.